The Labute approximate surface area is 136 Å². The summed E-state index contributed by atoms with van der Waals surface area (Å²) in [5, 5.41) is 0. The van der Waals surface area contributed by atoms with E-state index in [1.165, 1.54) is 0 Å². The summed E-state index contributed by atoms with van der Waals surface area (Å²) < 4.78 is 11.0. The van der Waals surface area contributed by atoms with Crippen molar-refractivity contribution in [3.05, 3.63) is 59.7 Å². The van der Waals surface area contributed by atoms with E-state index in [1.54, 1.807) is 12.0 Å². The van der Waals surface area contributed by atoms with Gasteiger partial charge in [0.15, 0.2) is 0 Å². The van der Waals surface area contributed by atoms with Gasteiger partial charge in [-0.1, -0.05) is 36.4 Å². The van der Waals surface area contributed by atoms with Crippen molar-refractivity contribution in [3.63, 3.8) is 0 Å². The minimum atomic E-state index is -0.316. The van der Waals surface area contributed by atoms with E-state index in [-0.39, 0.29) is 11.8 Å². The number of hydrogen-bond acceptors (Lipinski definition) is 3. The molecule has 1 aliphatic heterocycles. The molecule has 1 heterocycles. The third-order valence-electron chi connectivity index (χ3n) is 4.15. The van der Waals surface area contributed by atoms with Crippen molar-refractivity contribution in [2.45, 2.75) is 12.3 Å². The number of ether oxygens (including phenoxy) is 2. The molecule has 0 aliphatic carbocycles. The maximum absolute atomic E-state index is 13.0. The summed E-state index contributed by atoms with van der Waals surface area (Å²) in [4.78, 5) is 14.8. The molecule has 0 spiro atoms. The molecule has 1 amide bonds. The minimum absolute atomic E-state index is 0.0873. The highest BCUT2D eigenvalue weighted by atomic mass is 16.5. The van der Waals surface area contributed by atoms with Gasteiger partial charge in [-0.15, -0.1) is 0 Å². The van der Waals surface area contributed by atoms with Crippen LogP contribution in [0, 0.1) is 0 Å². The lowest BCUT2D eigenvalue weighted by Crippen LogP contribution is -2.34. The number of nitrogens with zero attached hydrogens (tertiary/aromatic N) is 1. The largest absolute Gasteiger partial charge is 0.457 e. The van der Waals surface area contributed by atoms with Crippen molar-refractivity contribution in [3.8, 4) is 11.5 Å². The fourth-order valence-electron chi connectivity index (χ4n) is 2.95. The quantitative estimate of drug-likeness (QED) is 0.794. The van der Waals surface area contributed by atoms with Gasteiger partial charge >= 0.3 is 0 Å². The van der Waals surface area contributed by atoms with Crippen LogP contribution in [-0.2, 0) is 9.53 Å². The molecule has 0 atom stereocenters. The van der Waals surface area contributed by atoms with E-state index in [9.17, 15) is 4.79 Å². The zero-order valence-corrected chi connectivity index (χ0v) is 13.5. The van der Waals surface area contributed by atoms with E-state index in [1.807, 2.05) is 55.6 Å². The molecule has 0 N–H and O–H groups in total. The van der Waals surface area contributed by atoms with Gasteiger partial charge in [-0.3, -0.25) is 4.79 Å². The molecule has 23 heavy (non-hydrogen) atoms. The first-order valence-corrected chi connectivity index (χ1v) is 7.82. The van der Waals surface area contributed by atoms with Crippen LogP contribution >= 0.6 is 0 Å². The summed E-state index contributed by atoms with van der Waals surface area (Å²) in [6.45, 7) is 1.33. The number of amides is 1. The van der Waals surface area contributed by atoms with E-state index < -0.39 is 0 Å². The zero-order chi connectivity index (χ0) is 16.2. The topological polar surface area (TPSA) is 38.8 Å². The molecule has 120 valence electrons. The van der Waals surface area contributed by atoms with Crippen molar-refractivity contribution in [2.24, 2.45) is 0 Å². The average molecular weight is 311 g/mol. The third-order valence-corrected chi connectivity index (χ3v) is 4.15. The van der Waals surface area contributed by atoms with Crippen molar-refractivity contribution in [1.82, 2.24) is 4.90 Å². The van der Waals surface area contributed by atoms with Crippen LogP contribution in [0.1, 0.15) is 23.5 Å². The fraction of sp³-hybridized carbons (Fsp3) is 0.316. The Hall–Kier alpha value is -2.33. The zero-order valence-electron chi connectivity index (χ0n) is 13.5. The van der Waals surface area contributed by atoms with E-state index >= 15 is 0 Å². The van der Waals surface area contributed by atoms with Crippen LogP contribution in [0.25, 0.3) is 0 Å². The predicted molar refractivity (Wildman–Crippen MR) is 88.9 cm³/mol. The summed E-state index contributed by atoms with van der Waals surface area (Å²) >= 11 is 0. The molecule has 2 aromatic carbocycles. The Morgan fingerprint density at radius 1 is 1.09 bits per heavy atom. The summed E-state index contributed by atoms with van der Waals surface area (Å²) in [7, 11) is 3.52. The van der Waals surface area contributed by atoms with Gasteiger partial charge in [-0.2, -0.15) is 0 Å². The standard InChI is InChI=1S/C19H21NO3/c1-20(12-7-13-22-2)19(21)18-14-8-3-5-10-16(14)23-17-11-6-4-9-15(17)18/h3-6,8-11,18H,7,12-13H2,1-2H3. The lowest BCUT2D eigenvalue weighted by molar-refractivity contribution is -0.130. The number of benzene rings is 2. The minimum Gasteiger partial charge on any atom is -0.457 e. The highest BCUT2D eigenvalue weighted by molar-refractivity contribution is 5.89. The van der Waals surface area contributed by atoms with Gasteiger partial charge in [0.1, 0.15) is 11.5 Å². The SMILES string of the molecule is COCCCN(C)C(=O)C1c2ccccc2Oc2ccccc21. The van der Waals surface area contributed by atoms with Gasteiger partial charge in [0.25, 0.3) is 0 Å². The number of methoxy groups -OCH3 is 1. The second-order valence-corrected chi connectivity index (χ2v) is 5.72. The van der Waals surface area contributed by atoms with Crippen molar-refractivity contribution in [1.29, 1.82) is 0 Å². The Bertz CT molecular complexity index is 653. The Balaban J connectivity index is 1.93. The van der Waals surface area contributed by atoms with Crippen LogP contribution in [0.2, 0.25) is 0 Å². The van der Waals surface area contributed by atoms with Gasteiger partial charge in [0.2, 0.25) is 5.91 Å². The number of likely N-dealkylation sites (N-methyl/N-ethyl adjacent to an activating group) is 1. The van der Waals surface area contributed by atoms with Crippen LogP contribution in [0.5, 0.6) is 11.5 Å². The lowest BCUT2D eigenvalue weighted by atomic mass is 9.87. The van der Waals surface area contributed by atoms with Crippen molar-refractivity contribution >= 4 is 5.91 Å². The van der Waals surface area contributed by atoms with Gasteiger partial charge in [-0.05, 0) is 18.6 Å². The number of carbonyl (C=O) groups is 1. The second-order valence-electron chi connectivity index (χ2n) is 5.72. The molecule has 4 heteroatoms. The maximum Gasteiger partial charge on any atom is 0.234 e. The monoisotopic (exact) mass is 311 g/mol. The van der Waals surface area contributed by atoms with Gasteiger partial charge < -0.3 is 14.4 Å². The van der Waals surface area contributed by atoms with Gasteiger partial charge in [-0.25, -0.2) is 0 Å². The maximum atomic E-state index is 13.0. The van der Waals surface area contributed by atoms with Crippen molar-refractivity contribution < 1.29 is 14.3 Å². The Kier molecular flexibility index (Phi) is 4.63. The highest BCUT2D eigenvalue weighted by Gasteiger charge is 2.33. The summed E-state index contributed by atoms with van der Waals surface area (Å²) in [5.41, 5.74) is 1.85. The molecular formula is C19H21NO3. The number of hydrogen-bond donors (Lipinski definition) is 0. The first kappa shape index (κ1) is 15.6. The molecule has 0 unspecified atom stereocenters. The number of rotatable bonds is 5. The van der Waals surface area contributed by atoms with Crippen LogP contribution in [-0.4, -0.2) is 38.1 Å². The van der Waals surface area contributed by atoms with Crippen LogP contribution < -0.4 is 4.74 Å². The van der Waals surface area contributed by atoms with E-state index in [4.69, 9.17) is 9.47 Å². The number of carbonyl (C=O) groups excluding carboxylic acids is 1. The summed E-state index contributed by atoms with van der Waals surface area (Å²) in [6.07, 6.45) is 0.825. The molecule has 0 bridgehead atoms. The fourth-order valence-corrected chi connectivity index (χ4v) is 2.95. The van der Waals surface area contributed by atoms with Gasteiger partial charge in [0.05, 0.1) is 5.92 Å². The summed E-state index contributed by atoms with van der Waals surface area (Å²) in [6, 6.07) is 15.5. The van der Waals surface area contributed by atoms with E-state index in [0.29, 0.717) is 13.2 Å². The molecule has 0 aromatic heterocycles. The predicted octanol–water partition coefficient (Wildman–Crippen LogP) is 3.42. The van der Waals surface area contributed by atoms with E-state index in [2.05, 4.69) is 0 Å². The van der Waals surface area contributed by atoms with Crippen LogP contribution in [0.4, 0.5) is 0 Å². The molecule has 0 saturated carbocycles. The third kappa shape index (κ3) is 3.08. The molecule has 3 rings (SSSR count). The molecule has 2 aromatic rings. The Morgan fingerprint density at radius 3 is 2.22 bits per heavy atom. The molecule has 1 aliphatic rings. The van der Waals surface area contributed by atoms with Crippen molar-refractivity contribution in [2.75, 3.05) is 27.3 Å². The first-order chi connectivity index (χ1) is 11.2. The molecule has 4 nitrogen and oxygen atoms in total. The van der Waals surface area contributed by atoms with Crippen LogP contribution in [0.15, 0.2) is 48.5 Å². The lowest BCUT2D eigenvalue weighted by Gasteiger charge is -2.30. The second kappa shape index (κ2) is 6.84. The first-order valence-electron chi connectivity index (χ1n) is 7.82. The number of para-hydroxylation sites is 2. The van der Waals surface area contributed by atoms with Gasteiger partial charge in [0, 0.05) is 38.4 Å². The smallest absolute Gasteiger partial charge is 0.234 e. The highest BCUT2D eigenvalue weighted by Crippen LogP contribution is 2.44. The molecular weight excluding hydrogens is 290 g/mol. The normalized spacial score (nSPS) is 13.0. The summed E-state index contributed by atoms with van der Waals surface area (Å²) in [5.74, 6) is 1.29. The Morgan fingerprint density at radius 2 is 1.65 bits per heavy atom. The molecule has 0 radical (unpaired) electrons. The van der Waals surface area contributed by atoms with E-state index in [0.717, 1.165) is 29.0 Å². The number of fused-ring (bicyclic) bond motifs is 2. The molecule has 0 fully saturated rings. The average Bonchev–Trinajstić information content (AvgIpc) is 2.59. The van der Waals surface area contributed by atoms with Crippen LogP contribution in [0.3, 0.4) is 0 Å². The molecule has 0 saturated heterocycles.